The maximum Gasteiger partial charge on any atom is 0.245 e. The fourth-order valence-corrected chi connectivity index (χ4v) is 3.36. The van der Waals surface area contributed by atoms with Crippen LogP contribution in [0.1, 0.15) is 11.1 Å². The number of hydrogen-bond acceptors (Lipinski definition) is 3. The minimum atomic E-state index is -3.60. The van der Waals surface area contributed by atoms with E-state index in [1.54, 1.807) is 43.3 Å². The van der Waals surface area contributed by atoms with Crippen LogP contribution in [0, 0.1) is 13.8 Å². The lowest BCUT2D eigenvalue weighted by atomic mass is 10.2. The van der Waals surface area contributed by atoms with Gasteiger partial charge in [0.15, 0.2) is 0 Å². The van der Waals surface area contributed by atoms with Crippen molar-refractivity contribution in [1.29, 1.82) is 0 Å². The zero-order valence-corrected chi connectivity index (χ0v) is 15.3. The molecule has 0 saturated carbocycles. The van der Waals surface area contributed by atoms with Crippen LogP contribution in [0.25, 0.3) is 0 Å². The van der Waals surface area contributed by atoms with Crippen molar-refractivity contribution in [2.75, 3.05) is 22.4 Å². The second kappa shape index (κ2) is 7.23. The van der Waals surface area contributed by atoms with Crippen LogP contribution in [0.2, 0.25) is 5.02 Å². The van der Waals surface area contributed by atoms with Gasteiger partial charge in [0.05, 0.1) is 11.9 Å². The van der Waals surface area contributed by atoms with Gasteiger partial charge in [-0.25, -0.2) is 8.42 Å². The second-order valence-corrected chi connectivity index (χ2v) is 7.91. The van der Waals surface area contributed by atoms with Gasteiger partial charge in [0, 0.05) is 10.7 Å². The van der Waals surface area contributed by atoms with Crippen molar-refractivity contribution in [3.8, 4) is 0 Å². The van der Waals surface area contributed by atoms with E-state index in [4.69, 9.17) is 11.6 Å². The first-order valence-electron chi connectivity index (χ1n) is 7.28. The maximum atomic E-state index is 12.4. The van der Waals surface area contributed by atoms with E-state index in [-0.39, 0.29) is 6.54 Å². The quantitative estimate of drug-likeness (QED) is 0.882. The average Bonchev–Trinajstić information content (AvgIpc) is 2.48. The fraction of sp³-hybridized carbons (Fsp3) is 0.235. The largest absolute Gasteiger partial charge is 0.324 e. The Morgan fingerprint density at radius 2 is 1.79 bits per heavy atom. The van der Waals surface area contributed by atoms with Gasteiger partial charge >= 0.3 is 0 Å². The molecule has 0 fully saturated rings. The number of rotatable bonds is 5. The summed E-state index contributed by atoms with van der Waals surface area (Å²) < 4.78 is 25.3. The molecule has 2 aromatic rings. The van der Waals surface area contributed by atoms with Gasteiger partial charge in [-0.15, -0.1) is 0 Å². The van der Waals surface area contributed by atoms with Crippen molar-refractivity contribution in [2.24, 2.45) is 0 Å². The number of halogens is 1. The highest BCUT2D eigenvalue weighted by atomic mass is 35.5. The van der Waals surface area contributed by atoms with E-state index in [1.807, 2.05) is 13.0 Å². The summed E-state index contributed by atoms with van der Waals surface area (Å²) in [6, 6.07) is 12.2. The van der Waals surface area contributed by atoms with Crippen molar-refractivity contribution in [1.82, 2.24) is 0 Å². The molecule has 0 unspecified atom stereocenters. The summed E-state index contributed by atoms with van der Waals surface area (Å²) in [5.41, 5.74) is 2.66. The third-order valence-electron chi connectivity index (χ3n) is 3.55. The molecule has 128 valence electrons. The number of carbonyl (C=O) groups excluding carboxylic acids is 1. The number of benzene rings is 2. The molecule has 2 aromatic carbocycles. The Hall–Kier alpha value is -2.05. The molecule has 2 rings (SSSR count). The first-order chi connectivity index (χ1) is 11.2. The number of hydrogen-bond donors (Lipinski definition) is 1. The molecule has 0 aliphatic rings. The van der Waals surface area contributed by atoms with E-state index in [0.717, 1.165) is 21.7 Å². The van der Waals surface area contributed by atoms with E-state index in [0.29, 0.717) is 16.4 Å². The van der Waals surface area contributed by atoms with Crippen LogP contribution in [-0.2, 0) is 14.8 Å². The number of aryl methyl sites for hydroxylation is 2. The van der Waals surface area contributed by atoms with E-state index in [1.165, 1.54) is 0 Å². The van der Waals surface area contributed by atoms with Crippen LogP contribution in [0.15, 0.2) is 42.5 Å². The van der Waals surface area contributed by atoms with Crippen LogP contribution in [0.3, 0.4) is 0 Å². The minimum Gasteiger partial charge on any atom is -0.324 e. The van der Waals surface area contributed by atoms with Gasteiger partial charge in [-0.2, -0.15) is 0 Å². The summed E-state index contributed by atoms with van der Waals surface area (Å²) in [5.74, 6) is -0.436. The van der Waals surface area contributed by atoms with Gasteiger partial charge < -0.3 is 5.32 Å². The topological polar surface area (TPSA) is 66.5 Å². The zero-order valence-electron chi connectivity index (χ0n) is 13.7. The summed E-state index contributed by atoms with van der Waals surface area (Å²) in [5, 5.41) is 3.21. The lowest BCUT2D eigenvalue weighted by Gasteiger charge is -2.23. The molecular weight excluding hydrogens is 348 g/mol. The van der Waals surface area contributed by atoms with E-state index in [2.05, 4.69) is 5.32 Å². The molecule has 1 N–H and O–H groups in total. The van der Waals surface area contributed by atoms with Crippen molar-refractivity contribution in [2.45, 2.75) is 13.8 Å². The van der Waals surface area contributed by atoms with Crippen molar-refractivity contribution in [3.63, 3.8) is 0 Å². The van der Waals surface area contributed by atoms with E-state index in [9.17, 15) is 13.2 Å². The molecule has 0 spiro atoms. The van der Waals surface area contributed by atoms with Crippen LogP contribution in [0.4, 0.5) is 11.4 Å². The van der Waals surface area contributed by atoms with Gasteiger partial charge in [0.25, 0.3) is 0 Å². The number of anilines is 2. The van der Waals surface area contributed by atoms with Gasteiger partial charge in [0.1, 0.15) is 6.54 Å². The molecule has 0 aromatic heterocycles. The Balaban J connectivity index is 2.26. The molecule has 0 bridgehead atoms. The number of nitrogens with zero attached hydrogens (tertiary/aromatic N) is 1. The smallest absolute Gasteiger partial charge is 0.245 e. The number of para-hydroxylation sites is 1. The van der Waals surface area contributed by atoms with Crippen molar-refractivity contribution >= 4 is 38.9 Å². The lowest BCUT2D eigenvalue weighted by Crippen LogP contribution is -2.37. The Bertz CT molecular complexity index is 866. The van der Waals surface area contributed by atoms with Crippen LogP contribution in [0.5, 0.6) is 0 Å². The van der Waals surface area contributed by atoms with Crippen LogP contribution in [-0.4, -0.2) is 27.1 Å². The molecule has 24 heavy (non-hydrogen) atoms. The van der Waals surface area contributed by atoms with Crippen molar-refractivity contribution < 1.29 is 13.2 Å². The predicted octanol–water partition coefficient (Wildman–Crippen LogP) is 3.36. The van der Waals surface area contributed by atoms with Crippen molar-refractivity contribution in [3.05, 3.63) is 58.6 Å². The third kappa shape index (κ3) is 4.49. The van der Waals surface area contributed by atoms with Gasteiger partial charge in [-0.3, -0.25) is 9.10 Å². The minimum absolute atomic E-state index is 0.310. The molecule has 1 amide bonds. The standard InChI is InChI=1S/C17H19ClN2O3S/c1-12-8-9-14(18)10-15(12)19-17(21)11-20(24(3,22)23)16-7-5-4-6-13(16)2/h4-10H,11H2,1-3H3,(H,19,21). The third-order valence-corrected chi connectivity index (χ3v) is 4.91. The normalized spacial score (nSPS) is 11.2. The summed E-state index contributed by atoms with van der Waals surface area (Å²) >= 11 is 5.94. The molecule has 0 aliphatic heterocycles. The molecule has 5 nitrogen and oxygen atoms in total. The molecule has 0 saturated heterocycles. The number of sulfonamides is 1. The molecule has 0 radical (unpaired) electrons. The Morgan fingerprint density at radius 1 is 1.12 bits per heavy atom. The highest BCUT2D eigenvalue weighted by molar-refractivity contribution is 7.92. The summed E-state index contributed by atoms with van der Waals surface area (Å²) in [6.07, 6.45) is 1.08. The zero-order chi connectivity index (χ0) is 17.9. The van der Waals surface area contributed by atoms with E-state index >= 15 is 0 Å². The lowest BCUT2D eigenvalue weighted by molar-refractivity contribution is -0.114. The van der Waals surface area contributed by atoms with Crippen LogP contribution < -0.4 is 9.62 Å². The Labute approximate surface area is 147 Å². The molecule has 0 atom stereocenters. The number of nitrogens with one attached hydrogen (secondary N) is 1. The van der Waals surface area contributed by atoms with Crippen LogP contribution >= 0.6 is 11.6 Å². The Kier molecular flexibility index (Phi) is 5.51. The second-order valence-electron chi connectivity index (χ2n) is 5.56. The fourth-order valence-electron chi connectivity index (χ4n) is 2.27. The average molecular weight is 367 g/mol. The first kappa shape index (κ1) is 18.3. The molecular formula is C17H19ClN2O3S. The molecule has 0 aliphatic carbocycles. The molecule has 7 heteroatoms. The first-order valence-corrected chi connectivity index (χ1v) is 9.50. The van der Waals surface area contributed by atoms with Gasteiger partial charge in [-0.1, -0.05) is 35.9 Å². The summed E-state index contributed by atoms with van der Waals surface area (Å²) in [4.78, 5) is 12.4. The number of carbonyl (C=O) groups is 1. The summed E-state index contributed by atoms with van der Waals surface area (Å²) in [6.45, 7) is 3.32. The maximum absolute atomic E-state index is 12.4. The van der Waals surface area contributed by atoms with E-state index < -0.39 is 15.9 Å². The molecule has 0 heterocycles. The van der Waals surface area contributed by atoms with Gasteiger partial charge in [-0.05, 0) is 43.2 Å². The Morgan fingerprint density at radius 3 is 2.42 bits per heavy atom. The number of amides is 1. The SMILES string of the molecule is Cc1ccc(Cl)cc1NC(=O)CN(c1ccccc1C)S(C)(=O)=O. The highest BCUT2D eigenvalue weighted by Gasteiger charge is 2.22. The van der Waals surface area contributed by atoms with Gasteiger partial charge in [0.2, 0.25) is 15.9 Å². The predicted molar refractivity (Wildman–Crippen MR) is 98.2 cm³/mol. The highest BCUT2D eigenvalue weighted by Crippen LogP contribution is 2.23. The monoisotopic (exact) mass is 366 g/mol. The summed E-state index contributed by atoms with van der Waals surface area (Å²) in [7, 11) is -3.60.